The molecule has 0 aromatic carbocycles. The summed E-state index contributed by atoms with van der Waals surface area (Å²) in [5, 5.41) is 16.6. The van der Waals surface area contributed by atoms with E-state index in [0.717, 1.165) is 5.69 Å². The van der Waals surface area contributed by atoms with E-state index in [4.69, 9.17) is 5.11 Å². The van der Waals surface area contributed by atoms with Crippen molar-refractivity contribution in [2.75, 3.05) is 11.9 Å². The van der Waals surface area contributed by atoms with Crippen molar-refractivity contribution < 1.29 is 9.90 Å². The minimum atomic E-state index is -0.328. The van der Waals surface area contributed by atoms with Gasteiger partial charge in [0.25, 0.3) is 0 Å². The average Bonchev–Trinajstić information content (AvgIpc) is 2.60. The first kappa shape index (κ1) is 11.9. The van der Waals surface area contributed by atoms with Crippen LogP contribution < -0.4 is 10.6 Å². The van der Waals surface area contributed by atoms with Gasteiger partial charge in [0, 0.05) is 5.38 Å². The Morgan fingerprint density at radius 2 is 2.47 bits per heavy atom. The van der Waals surface area contributed by atoms with Crippen LogP contribution in [0.3, 0.4) is 0 Å². The quantitative estimate of drug-likeness (QED) is 0.729. The van der Waals surface area contributed by atoms with Crippen molar-refractivity contribution in [3.05, 3.63) is 11.1 Å². The van der Waals surface area contributed by atoms with Gasteiger partial charge in [-0.25, -0.2) is 9.78 Å². The molecule has 1 atom stereocenters. The minimum Gasteiger partial charge on any atom is -0.394 e. The third-order valence-electron chi connectivity index (χ3n) is 1.89. The molecule has 6 heteroatoms. The molecule has 0 spiro atoms. The molecule has 5 nitrogen and oxygen atoms in total. The van der Waals surface area contributed by atoms with E-state index in [1.807, 2.05) is 19.2 Å². The molecule has 1 unspecified atom stereocenters. The third kappa shape index (κ3) is 3.85. The number of aryl methyl sites for hydroxylation is 1. The van der Waals surface area contributed by atoms with Crippen LogP contribution in [0.1, 0.15) is 19.0 Å². The monoisotopic (exact) mass is 229 g/mol. The SMILES string of the molecule is CCC(CO)NC(=O)Nc1nc(C)cs1. The van der Waals surface area contributed by atoms with E-state index in [1.165, 1.54) is 11.3 Å². The normalized spacial score (nSPS) is 12.2. The largest absolute Gasteiger partial charge is 0.394 e. The molecule has 0 fully saturated rings. The first-order valence-electron chi connectivity index (χ1n) is 4.76. The van der Waals surface area contributed by atoms with E-state index >= 15 is 0 Å². The first-order valence-corrected chi connectivity index (χ1v) is 5.64. The van der Waals surface area contributed by atoms with Crippen molar-refractivity contribution in [2.24, 2.45) is 0 Å². The predicted octanol–water partition coefficient (Wildman–Crippen LogP) is 1.34. The molecule has 0 saturated heterocycles. The number of urea groups is 1. The van der Waals surface area contributed by atoms with Crippen molar-refractivity contribution in [3.63, 3.8) is 0 Å². The fourth-order valence-corrected chi connectivity index (χ4v) is 1.69. The molecule has 1 aromatic rings. The Hall–Kier alpha value is -1.14. The van der Waals surface area contributed by atoms with Crippen molar-refractivity contribution in [2.45, 2.75) is 26.3 Å². The zero-order chi connectivity index (χ0) is 11.3. The van der Waals surface area contributed by atoms with Crippen molar-refractivity contribution in [3.8, 4) is 0 Å². The van der Waals surface area contributed by atoms with E-state index in [0.29, 0.717) is 11.6 Å². The summed E-state index contributed by atoms with van der Waals surface area (Å²) >= 11 is 1.37. The van der Waals surface area contributed by atoms with Gasteiger partial charge in [0.05, 0.1) is 18.3 Å². The molecule has 0 aliphatic rings. The van der Waals surface area contributed by atoms with E-state index < -0.39 is 0 Å². The highest BCUT2D eigenvalue weighted by Crippen LogP contribution is 2.13. The van der Waals surface area contributed by atoms with Crippen LogP contribution in [-0.4, -0.2) is 28.8 Å². The molecule has 1 aromatic heterocycles. The van der Waals surface area contributed by atoms with Crippen LogP contribution in [0.25, 0.3) is 0 Å². The van der Waals surface area contributed by atoms with Crippen LogP contribution in [0.2, 0.25) is 0 Å². The number of amides is 2. The van der Waals surface area contributed by atoms with Gasteiger partial charge in [0.1, 0.15) is 0 Å². The molecule has 0 saturated carbocycles. The molecular weight excluding hydrogens is 214 g/mol. The lowest BCUT2D eigenvalue weighted by Crippen LogP contribution is -2.39. The predicted molar refractivity (Wildman–Crippen MR) is 60.2 cm³/mol. The van der Waals surface area contributed by atoms with Crippen molar-refractivity contribution >= 4 is 22.5 Å². The number of nitrogens with one attached hydrogen (secondary N) is 2. The van der Waals surface area contributed by atoms with Crippen LogP contribution in [0.4, 0.5) is 9.93 Å². The van der Waals surface area contributed by atoms with E-state index in [-0.39, 0.29) is 18.7 Å². The Kier molecular flexibility index (Phi) is 4.51. The summed E-state index contributed by atoms with van der Waals surface area (Å²) in [6, 6.07) is -0.531. The van der Waals surface area contributed by atoms with Crippen LogP contribution in [0.15, 0.2) is 5.38 Å². The zero-order valence-electron chi connectivity index (χ0n) is 8.78. The fourth-order valence-electron chi connectivity index (χ4n) is 1.01. The van der Waals surface area contributed by atoms with Crippen molar-refractivity contribution in [1.29, 1.82) is 0 Å². The van der Waals surface area contributed by atoms with Gasteiger partial charge in [-0.05, 0) is 13.3 Å². The number of anilines is 1. The Labute approximate surface area is 92.5 Å². The summed E-state index contributed by atoms with van der Waals surface area (Å²) in [5.74, 6) is 0. The Morgan fingerprint density at radius 1 is 1.73 bits per heavy atom. The highest BCUT2D eigenvalue weighted by Gasteiger charge is 2.09. The highest BCUT2D eigenvalue weighted by atomic mass is 32.1. The number of hydrogen-bond donors (Lipinski definition) is 3. The topological polar surface area (TPSA) is 74.2 Å². The Bertz CT molecular complexity index is 323. The van der Waals surface area contributed by atoms with Gasteiger partial charge in [-0.3, -0.25) is 5.32 Å². The Morgan fingerprint density at radius 3 is 2.93 bits per heavy atom. The molecule has 2 amide bonds. The van der Waals surface area contributed by atoms with Crippen LogP contribution in [0.5, 0.6) is 0 Å². The number of nitrogens with zero attached hydrogens (tertiary/aromatic N) is 1. The smallest absolute Gasteiger partial charge is 0.321 e. The summed E-state index contributed by atoms with van der Waals surface area (Å²) in [4.78, 5) is 15.5. The summed E-state index contributed by atoms with van der Waals surface area (Å²) in [5.41, 5.74) is 0.879. The van der Waals surface area contributed by atoms with Crippen molar-refractivity contribution in [1.82, 2.24) is 10.3 Å². The molecule has 3 N–H and O–H groups in total. The van der Waals surface area contributed by atoms with Gasteiger partial charge >= 0.3 is 6.03 Å². The maximum atomic E-state index is 11.4. The van der Waals surface area contributed by atoms with Crippen LogP contribution >= 0.6 is 11.3 Å². The fraction of sp³-hybridized carbons (Fsp3) is 0.556. The lowest BCUT2D eigenvalue weighted by molar-refractivity contribution is 0.222. The maximum Gasteiger partial charge on any atom is 0.321 e. The molecule has 84 valence electrons. The summed E-state index contributed by atoms with van der Waals surface area (Å²) in [6.07, 6.45) is 0.695. The lowest BCUT2D eigenvalue weighted by Gasteiger charge is -2.13. The van der Waals surface area contributed by atoms with E-state index in [2.05, 4.69) is 15.6 Å². The van der Waals surface area contributed by atoms with E-state index in [9.17, 15) is 4.79 Å². The number of aliphatic hydroxyl groups is 1. The van der Waals surface area contributed by atoms with Gasteiger partial charge in [-0.15, -0.1) is 11.3 Å². The standard InChI is InChI=1S/C9H15N3O2S/c1-3-7(4-13)11-8(14)12-9-10-6(2)5-15-9/h5,7,13H,3-4H2,1-2H3,(H2,10,11,12,14). The zero-order valence-corrected chi connectivity index (χ0v) is 9.60. The number of carbonyl (C=O) groups is 1. The summed E-state index contributed by atoms with van der Waals surface area (Å²) in [6.45, 7) is 3.71. The number of carbonyl (C=O) groups excluding carboxylic acids is 1. The second kappa shape index (κ2) is 5.67. The van der Waals surface area contributed by atoms with Crippen LogP contribution in [-0.2, 0) is 0 Å². The molecule has 0 aliphatic heterocycles. The number of hydrogen-bond acceptors (Lipinski definition) is 4. The maximum absolute atomic E-state index is 11.4. The second-order valence-corrected chi connectivity index (χ2v) is 4.04. The van der Waals surface area contributed by atoms with Gasteiger partial charge in [0.15, 0.2) is 5.13 Å². The number of rotatable bonds is 4. The molecule has 0 radical (unpaired) electrons. The molecule has 1 heterocycles. The average molecular weight is 229 g/mol. The van der Waals surface area contributed by atoms with Gasteiger partial charge in [0.2, 0.25) is 0 Å². The third-order valence-corrected chi connectivity index (χ3v) is 2.76. The summed E-state index contributed by atoms with van der Waals surface area (Å²) < 4.78 is 0. The van der Waals surface area contributed by atoms with Crippen LogP contribution in [0, 0.1) is 6.92 Å². The second-order valence-electron chi connectivity index (χ2n) is 3.18. The first-order chi connectivity index (χ1) is 7.15. The van der Waals surface area contributed by atoms with Gasteiger partial charge in [-0.2, -0.15) is 0 Å². The molecule has 1 rings (SSSR count). The summed E-state index contributed by atoms with van der Waals surface area (Å²) in [7, 11) is 0. The Balaban J connectivity index is 2.42. The lowest BCUT2D eigenvalue weighted by atomic mass is 10.2. The van der Waals surface area contributed by atoms with Gasteiger partial charge < -0.3 is 10.4 Å². The molecule has 0 aliphatic carbocycles. The molecule has 0 bridgehead atoms. The molecule has 15 heavy (non-hydrogen) atoms. The molecular formula is C9H15N3O2S. The number of aliphatic hydroxyl groups excluding tert-OH is 1. The minimum absolute atomic E-state index is 0.0547. The number of thiazole rings is 1. The number of aromatic nitrogens is 1. The van der Waals surface area contributed by atoms with E-state index in [1.54, 1.807) is 0 Å². The van der Waals surface area contributed by atoms with Gasteiger partial charge in [-0.1, -0.05) is 6.92 Å². The highest BCUT2D eigenvalue weighted by molar-refractivity contribution is 7.13.